The summed E-state index contributed by atoms with van der Waals surface area (Å²) in [6.45, 7) is 4.05. The summed E-state index contributed by atoms with van der Waals surface area (Å²) in [7, 11) is 0. The Hall–Kier alpha value is -2.30. The number of carbonyl (C=O) groups is 2. The number of anilines is 1. The molecule has 0 bridgehead atoms. The fourth-order valence-corrected chi connectivity index (χ4v) is 2.05. The SMILES string of the molecule is C=CC1CC(=O)N(c2cccc(C(=O)O)c2O)C1. The molecular formula is C13H13NO4. The van der Waals surface area contributed by atoms with E-state index in [0.29, 0.717) is 13.0 Å². The quantitative estimate of drug-likeness (QED) is 0.796. The Morgan fingerprint density at radius 3 is 2.78 bits per heavy atom. The number of aromatic hydroxyl groups is 1. The van der Waals surface area contributed by atoms with Crippen LogP contribution in [0.15, 0.2) is 30.9 Å². The smallest absolute Gasteiger partial charge is 0.339 e. The van der Waals surface area contributed by atoms with Gasteiger partial charge in [0.2, 0.25) is 5.91 Å². The molecule has 1 unspecified atom stereocenters. The standard InChI is InChI=1S/C13H13NO4/c1-2-8-6-11(15)14(7-8)10-5-3-4-9(12(10)16)13(17)18/h2-5,8,16H,1,6-7H2,(H,17,18). The molecular weight excluding hydrogens is 234 g/mol. The van der Waals surface area contributed by atoms with Crippen LogP contribution in [0.1, 0.15) is 16.8 Å². The van der Waals surface area contributed by atoms with E-state index in [4.69, 9.17) is 5.11 Å². The molecule has 18 heavy (non-hydrogen) atoms. The van der Waals surface area contributed by atoms with Gasteiger partial charge in [-0.3, -0.25) is 4.79 Å². The summed E-state index contributed by atoms with van der Waals surface area (Å²) in [6.07, 6.45) is 2.02. The molecule has 1 amide bonds. The van der Waals surface area contributed by atoms with Crippen molar-refractivity contribution < 1.29 is 19.8 Å². The van der Waals surface area contributed by atoms with Crippen molar-refractivity contribution >= 4 is 17.6 Å². The Labute approximate surface area is 104 Å². The highest BCUT2D eigenvalue weighted by Gasteiger charge is 2.31. The first-order chi connectivity index (χ1) is 8.54. The van der Waals surface area contributed by atoms with Crippen LogP contribution in [-0.2, 0) is 4.79 Å². The lowest BCUT2D eigenvalue weighted by Gasteiger charge is -2.18. The molecule has 94 valence electrons. The topological polar surface area (TPSA) is 77.8 Å². The lowest BCUT2D eigenvalue weighted by atomic mass is 10.1. The fraction of sp³-hybridized carbons (Fsp3) is 0.231. The maximum Gasteiger partial charge on any atom is 0.339 e. The first-order valence-corrected chi connectivity index (χ1v) is 5.52. The Kier molecular flexibility index (Phi) is 3.06. The number of benzene rings is 1. The van der Waals surface area contributed by atoms with E-state index in [9.17, 15) is 14.7 Å². The van der Waals surface area contributed by atoms with Crippen LogP contribution in [0, 0.1) is 5.92 Å². The van der Waals surface area contributed by atoms with Gasteiger partial charge in [-0.1, -0.05) is 12.1 Å². The van der Waals surface area contributed by atoms with Gasteiger partial charge < -0.3 is 15.1 Å². The van der Waals surface area contributed by atoms with Crippen LogP contribution in [0.4, 0.5) is 5.69 Å². The van der Waals surface area contributed by atoms with Crippen LogP contribution in [0.2, 0.25) is 0 Å². The van der Waals surface area contributed by atoms with Gasteiger partial charge in [-0.15, -0.1) is 6.58 Å². The van der Waals surface area contributed by atoms with Gasteiger partial charge in [-0.25, -0.2) is 4.79 Å². The van der Waals surface area contributed by atoms with Crippen molar-refractivity contribution in [3.8, 4) is 5.75 Å². The summed E-state index contributed by atoms with van der Waals surface area (Å²) in [5.74, 6) is -1.70. The van der Waals surface area contributed by atoms with Crippen LogP contribution in [-0.4, -0.2) is 28.6 Å². The van der Waals surface area contributed by atoms with Gasteiger partial charge in [0.25, 0.3) is 0 Å². The molecule has 0 aromatic heterocycles. The van der Waals surface area contributed by atoms with Crippen molar-refractivity contribution in [2.75, 3.05) is 11.4 Å². The summed E-state index contributed by atoms with van der Waals surface area (Å²) < 4.78 is 0. The number of aromatic carboxylic acids is 1. The third-order valence-corrected chi connectivity index (χ3v) is 3.02. The number of carboxylic acid groups (broad SMARTS) is 1. The molecule has 0 aliphatic carbocycles. The molecule has 0 radical (unpaired) electrons. The van der Waals surface area contributed by atoms with Crippen molar-refractivity contribution in [3.05, 3.63) is 36.4 Å². The van der Waals surface area contributed by atoms with Crippen molar-refractivity contribution in [2.24, 2.45) is 5.92 Å². The highest BCUT2D eigenvalue weighted by molar-refractivity contribution is 6.00. The van der Waals surface area contributed by atoms with E-state index in [1.54, 1.807) is 6.08 Å². The summed E-state index contributed by atoms with van der Waals surface area (Å²) in [6, 6.07) is 4.34. The number of phenols is 1. The normalized spacial score (nSPS) is 19.0. The molecule has 1 saturated heterocycles. The number of para-hydroxylation sites is 1. The average molecular weight is 247 g/mol. The number of carboxylic acids is 1. The molecule has 2 N–H and O–H groups in total. The van der Waals surface area contributed by atoms with Gasteiger partial charge in [0, 0.05) is 18.9 Å². The zero-order valence-corrected chi connectivity index (χ0v) is 9.67. The lowest BCUT2D eigenvalue weighted by molar-refractivity contribution is -0.117. The molecule has 1 fully saturated rings. The van der Waals surface area contributed by atoms with E-state index >= 15 is 0 Å². The van der Waals surface area contributed by atoms with Crippen molar-refractivity contribution in [1.82, 2.24) is 0 Å². The monoisotopic (exact) mass is 247 g/mol. The molecule has 1 heterocycles. The molecule has 1 aromatic carbocycles. The second-order valence-corrected chi connectivity index (χ2v) is 4.18. The van der Waals surface area contributed by atoms with Gasteiger partial charge >= 0.3 is 5.97 Å². The minimum absolute atomic E-state index is 0.0328. The van der Waals surface area contributed by atoms with E-state index in [1.165, 1.54) is 23.1 Å². The predicted octanol–water partition coefficient (Wildman–Crippen LogP) is 1.63. The van der Waals surface area contributed by atoms with E-state index in [1.807, 2.05) is 0 Å². The Bertz CT molecular complexity index is 524. The number of hydrogen-bond acceptors (Lipinski definition) is 3. The van der Waals surface area contributed by atoms with E-state index in [-0.39, 0.29) is 28.8 Å². The Morgan fingerprint density at radius 2 is 2.22 bits per heavy atom. The summed E-state index contributed by atoms with van der Waals surface area (Å²) in [4.78, 5) is 24.1. The maximum absolute atomic E-state index is 11.8. The predicted molar refractivity (Wildman–Crippen MR) is 65.7 cm³/mol. The zero-order chi connectivity index (χ0) is 13.3. The van der Waals surface area contributed by atoms with E-state index < -0.39 is 5.97 Å². The largest absolute Gasteiger partial charge is 0.505 e. The molecule has 5 nitrogen and oxygen atoms in total. The van der Waals surface area contributed by atoms with Gasteiger partial charge in [-0.2, -0.15) is 0 Å². The first kappa shape index (κ1) is 12.2. The average Bonchev–Trinajstić information content (AvgIpc) is 2.70. The molecule has 1 aliphatic rings. The molecule has 1 aliphatic heterocycles. The number of rotatable bonds is 3. The fourth-order valence-electron chi connectivity index (χ4n) is 2.05. The second-order valence-electron chi connectivity index (χ2n) is 4.18. The number of hydrogen-bond donors (Lipinski definition) is 2. The summed E-state index contributed by atoms with van der Waals surface area (Å²) in [5.41, 5.74) is 0.0339. The lowest BCUT2D eigenvalue weighted by Crippen LogP contribution is -2.24. The van der Waals surface area contributed by atoms with Crippen LogP contribution in [0.3, 0.4) is 0 Å². The van der Waals surface area contributed by atoms with Gasteiger partial charge in [-0.05, 0) is 12.1 Å². The van der Waals surface area contributed by atoms with Crippen LogP contribution < -0.4 is 4.90 Å². The first-order valence-electron chi connectivity index (χ1n) is 5.52. The van der Waals surface area contributed by atoms with Gasteiger partial charge in [0.15, 0.2) is 5.75 Å². The summed E-state index contributed by atoms with van der Waals surface area (Å²) >= 11 is 0. The zero-order valence-electron chi connectivity index (χ0n) is 9.67. The highest BCUT2D eigenvalue weighted by atomic mass is 16.4. The minimum Gasteiger partial charge on any atom is -0.505 e. The minimum atomic E-state index is -1.22. The third-order valence-electron chi connectivity index (χ3n) is 3.02. The van der Waals surface area contributed by atoms with Crippen molar-refractivity contribution in [3.63, 3.8) is 0 Å². The van der Waals surface area contributed by atoms with Crippen molar-refractivity contribution in [1.29, 1.82) is 0 Å². The second kappa shape index (κ2) is 4.52. The highest BCUT2D eigenvalue weighted by Crippen LogP contribution is 2.34. The van der Waals surface area contributed by atoms with Crippen LogP contribution >= 0.6 is 0 Å². The maximum atomic E-state index is 11.8. The van der Waals surface area contributed by atoms with Gasteiger partial charge in [0.05, 0.1) is 5.69 Å². The summed E-state index contributed by atoms with van der Waals surface area (Å²) in [5, 5.41) is 18.8. The number of nitrogens with zero attached hydrogens (tertiary/aromatic N) is 1. The molecule has 0 saturated carbocycles. The van der Waals surface area contributed by atoms with E-state index in [2.05, 4.69) is 6.58 Å². The molecule has 2 rings (SSSR count). The van der Waals surface area contributed by atoms with Crippen LogP contribution in [0.5, 0.6) is 5.75 Å². The molecule has 1 atom stereocenters. The molecule has 5 heteroatoms. The molecule has 1 aromatic rings. The Balaban J connectivity index is 2.40. The van der Waals surface area contributed by atoms with Crippen LogP contribution in [0.25, 0.3) is 0 Å². The third kappa shape index (κ3) is 1.95. The number of amides is 1. The Morgan fingerprint density at radius 1 is 1.50 bits per heavy atom. The van der Waals surface area contributed by atoms with Gasteiger partial charge in [0.1, 0.15) is 5.56 Å². The van der Waals surface area contributed by atoms with Crippen molar-refractivity contribution in [2.45, 2.75) is 6.42 Å². The number of carbonyl (C=O) groups excluding carboxylic acids is 1. The van der Waals surface area contributed by atoms with E-state index in [0.717, 1.165) is 0 Å². The molecule has 0 spiro atoms.